The Morgan fingerprint density at radius 3 is 2.94 bits per heavy atom. The summed E-state index contributed by atoms with van der Waals surface area (Å²) in [4.78, 5) is 33.4. The maximum atomic E-state index is 12.8. The van der Waals surface area contributed by atoms with Gasteiger partial charge in [-0.05, 0) is 19.4 Å². The summed E-state index contributed by atoms with van der Waals surface area (Å²) < 4.78 is 3.85. The maximum absolute atomic E-state index is 12.8. The van der Waals surface area contributed by atoms with Crippen LogP contribution in [0.15, 0.2) is 36.9 Å². The normalized spacial score (nSPS) is 16.0. The number of amides is 1. The largest absolute Gasteiger partial charge is 0.340 e. The third kappa shape index (κ3) is 2.92. The van der Waals surface area contributed by atoms with Gasteiger partial charge >= 0.3 is 0 Å². The van der Waals surface area contributed by atoms with Gasteiger partial charge in [0, 0.05) is 56.2 Å². The van der Waals surface area contributed by atoms with Gasteiger partial charge in [-0.2, -0.15) is 5.10 Å². The molecule has 6 rings (SSSR count). The zero-order chi connectivity index (χ0) is 21.8. The summed E-state index contributed by atoms with van der Waals surface area (Å²) in [5, 5.41) is 4.68. The minimum absolute atomic E-state index is 0.0729. The first kappa shape index (κ1) is 18.9. The van der Waals surface area contributed by atoms with Crippen molar-refractivity contribution in [2.75, 3.05) is 7.05 Å². The van der Waals surface area contributed by atoms with Crippen LogP contribution in [0.5, 0.6) is 0 Å². The number of hydrogen-bond donors (Lipinski definition) is 0. The highest BCUT2D eigenvalue weighted by molar-refractivity contribution is 5.83. The lowest BCUT2D eigenvalue weighted by Gasteiger charge is -2.17. The zero-order valence-corrected chi connectivity index (χ0v) is 18.0. The fourth-order valence-electron chi connectivity index (χ4n) is 4.53. The maximum Gasteiger partial charge on any atom is 0.234 e. The van der Waals surface area contributed by atoms with Crippen LogP contribution >= 0.6 is 0 Å². The highest BCUT2D eigenvalue weighted by Crippen LogP contribution is 2.34. The van der Waals surface area contributed by atoms with Gasteiger partial charge in [0.2, 0.25) is 11.7 Å². The lowest BCUT2D eigenvalue weighted by Crippen LogP contribution is -2.26. The average Bonchev–Trinajstić information content (AvgIpc) is 3.46. The van der Waals surface area contributed by atoms with E-state index < -0.39 is 0 Å². The number of carbonyl (C=O) groups excluding carboxylic acids is 1. The van der Waals surface area contributed by atoms with Crippen LogP contribution < -0.4 is 0 Å². The molecule has 4 bridgehead atoms. The molecule has 5 heterocycles. The zero-order valence-electron chi connectivity index (χ0n) is 18.0. The van der Waals surface area contributed by atoms with Gasteiger partial charge in [-0.15, -0.1) is 0 Å². The topological polar surface area (TPSA) is 94.1 Å². The van der Waals surface area contributed by atoms with Crippen LogP contribution in [-0.4, -0.2) is 52.0 Å². The summed E-state index contributed by atoms with van der Waals surface area (Å²) in [6.45, 7) is 3.08. The number of aromatic nitrogens is 7. The van der Waals surface area contributed by atoms with E-state index in [1.54, 1.807) is 17.3 Å². The molecule has 0 atom stereocenters. The fourth-order valence-corrected chi connectivity index (χ4v) is 4.53. The van der Waals surface area contributed by atoms with E-state index in [2.05, 4.69) is 22.4 Å². The van der Waals surface area contributed by atoms with Crippen LogP contribution in [0.3, 0.4) is 0 Å². The molecule has 0 spiro atoms. The second-order valence-corrected chi connectivity index (χ2v) is 8.31. The van der Waals surface area contributed by atoms with Gasteiger partial charge in [-0.1, -0.05) is 6.08 Å². The van der Waals surface area contributed by atoms with E-state index in [1.165, 1.54) is 0 Å². The van der Waals surface area contributed by atoms with Crippen molar-refractivity contribution in [1.82, 2.24) is 39.0 Å². The Kier molecular flexibility index (Phi) is 4.17. The molecule has 2 aliphatic rings. The highest BCUT2D eigenvalue weighted by atomic mass is 16.2. The summed E-state index contributed by atoms with van der Waals surface area (Å²) in [7, 11) is 1.81. The monoisotopic (exact) mass is 426 g/mol. The Hall–Kier alpha value is -3.88. The van der Waals surface area contributed by atoms with Gasteiger partial charge in [-0.25, -0.2) is 15.0 Å². The van der Waals surface area contributed by atoms with Crippen LogP contribution in [0.4, 0.5) is 0 Å². The molecular formula is C23H22N8O. The third-order valence-electron chi connectivity index (χ3n) is 6.15. The lowest BCUT2D eigenvalue weighted by molar-refractivity contribution is -0.130. The summed E-state index contributed by atoms with van der Waals surface area (Å²) in [6.07, 6.45) is 11.6. The van der Waals surface area contributed by atoms with Crippen LogP contribution in [0.1, 0.15) is 41.2 Å². The van der Waals surface area contributed by atoms with Gasteiger partial charge in [-0.3, -0.25) is 18.9 Å². The number of carbonyl (C=O) groups is 1. The van der Waals surface area contributed by atoms with Crippen molar-refractivity contribution in [2.45, 2.75) is 39.3 Å². The van der Waals surface area contributed by atoms with Gasteiger partial charge in [0.15, 0.2) is 0 Å². The van der Waals surface area contributed by atoms with Crippen LogP contribution in [0.25, 0.3) is 22.7 Å². The molecule has 4 aromatic heterocycles. The Bertz CT molecular complexity index is 1410. The van der Waals surface area contributed by atoms with Gasteiger partial charge in [0.05, 0.1) is 41.2 Å². The summed E-state index contributed by atoms with van der Waals surface area (Å²) >= 11 is 0. The first-order valence-corrected chi connectivity index (χ1v) is 10.8. The molecule has 9 heteroatoms. The number of hydrogen-bond acceptors (Lipinski definition) is 6. The average molecular weight is 426 g/mol. The predicted octanol–water partition coefficient (Wildman–Crippen LogP) is 2.43. The van der Waals surface area contributed by atoms with Gasteiger partial charge < -0.3 is 4.90 Å². The SMILES string of the molecule is Cc1nn2cc1C1=CCc3ncc(nc31)-c1c(nc3ncccn13)CN(C)C(=O)CCC2. The van der Waals surface area contributed by atoms with Crippen molar-refractivity contribution < 1.29 is 4.79 Å². The van der Waals surface area contributed by atoms with E-state index in [9.17, 15) is 4.79 Å². The molecule has 9 nitrogen and oxygen atoms in total. The second-order valence-electron chi connectivity index (χ2n) is 8.31. The molecule has 0 radical (unpaired) electrons. The Labute approximate surface area is 184 Å². The number of allylic oxidation sites excluding steroid dienone is 1. The van der Waals surface area contributed by atoms with E-state index in [-0.39, 0.29) is 5.91 Å². The number of nitrogens with zero attached hydrogens (tertiary/aromatic N) is 8. The fraction of sp³-hybridized carbons (Fsp3) is 0.304. The van der Waals surface area contributed by atoms with Crippen molar-refractivity contribution in [3.05, 3.63) is 65.3 Å². The molecule has 160 valence electrons. The first-order valence-electron chi connectivity index (χ1n) is 10.8. The third-order valence-corrected chi connectivity index (χ3v) is 6.15. The lowest BCUT2D eigenvalue weighted by atomic mass is 10.1. The number of fused-ring (bicyclic) bond motifs is 8. The van der Waals surface area contributed by atoms with Crippen molar-refractivity contribution in [1.29, 1.82) is 0 Å². The minimum atomic E-state index is 0.0729. The molecule has 0 saturated heterocycles. The molecule has 0 saturated carbocycles. The summed E-state index contributed by atoms with van der Waals surface area (Å²) in [5.41, 5.74) is 7.21. The first-order chi connectivity index (χ1) is 15.6. The van der Waals surface area contributed by atoms with Crippen molar-refractivity contribution in [3.63, 3.8) is 0 Å². The molecule has 1 aliphatic heterocycles. The van der Waals surface area contributed by atoms with Gasteiger partial charge in [0.25, 0.3) is 0 Å². The van der Waals surface area contributed by atoms with Crippen molar-refractivity contribution in [3.8, 4) is 11.4 Å². The molecule has 32 heavy (non-hydrogen) atoms. The molecule has 4 aromatic rings. The van der Waals surface area contributed by atoms with Gasteiger partial charge in [0.1, 0.15) is 5.69 Å². The molecule has 0 N–H and O–H groups in total. The molecule has 1 amide bonds. The Morgan fingerprint density at radius 1 is 1.12 bits per heavy atom. The Morgan fingerprint density at radius 2 is 2.03 bits per heavy atom. The predicted molar refractivity (Wildman–Crippen MR) is 117 cm³/mol. The highest BCUT2D eigenvalue weighted by Gasteiger charge is 2.26. The number of rotatable bonds is 0. The minimum Gasteiger partial charge on any atom is -0.340 e. The number of imidazole rings is 1. The van der Waals surface area contributed by atoms with Crippen molar-refractivity contribution in [2.24, 2.45) is 0 Å². The molecular weight excluding hydrogens is 404 g/mol. The molecule has 1 aliphatic carbocycles. The Balaban J connectivity index is 1.58. The smallest absolute Gasteiger partial charge is 0.234 e. The van der Waals surface area contributed by atoms with E-state index >= 15 is 0 Å². The van der Waals surface area contributed by atoms with Crippen LogP contribution in [0, 0.1) is 6.92 Å². The standard InChI is InChI=1S/C23H22N8O/c1-14-16-12-30(28-14)9-3-5-20(32)29(2)13-19-22(31-10-4-8-24-23(31)27-19)18-11-25-17-7-6-15(16)21(17)26-18/h4,6,8,10-12H,3,5,7,9,13H2,1-2H3. The second kappa shape index (κ2) is 7.08. The van der Waals surface area contributed by atoms with E-state index in [4.69, 9.17) is 15.0 Å². The van der Waals surface area contributed by atoms with Crippen LogP contribution in [0.2, 0.25) is 0 Å². The quantitative estimate of drug-likeness (QED) is 0.429. The van der Waals surface area contributed by atoms with Crippen LogP contribution in [-0.2, 0) is 24.3 Å². The number of aryl methyl sites for hydroxylation is 2. The summed E-state index contributed by atoms with van der Waals surface area (Å²) in [6, 6.07) is 1.86. The van der Waals surface area contributed by atoms with E-state index in [1.807, 2.05) is 35.3 Å². The van der Waals surface area contributed by atoms with E-state index in [0.717, 1.165) is 52.4 Å². The van der Waals surface area contributed by atoms with E-state index in [0.29, 0.717) is 31.0 Å². The molecule has 0 fully saturated rings. The summed E-state index contributed by atoms with van der Waals surface area (Å²) in [5.74, 6) is 0.651. The molecule has 0 unspecified atom stereocenters. The van der Waals surface area contributed by atoms with Crippen molar-refractivity contribution >= 4 is 17.3 Å². The molecule has 0 aromatic carbocycles.